The standard InChI is InChI=1S/C28H34N4/c1-29-21-5-8-27-24(16-21)23-14-18(4-7-26(23)31-27)13-19-3-6-22-25(17-32(2)28(22)15-19)20-9-11-30-12-10-20/h3-4,6-7,14-15,17,20-21,29-31H,5,8-13,16H2,1-2H3. The van der Waals surface area contributed by atoms with E-state index < -0.39 is 0 Å². The summed E-state index contributed by atoms with van der Waals surface area (Å²) in [6.07, 6.45) is 9.35. The fourth-order valence-electron chi connectivity index (χ4n) is 6.09. The maximum atomic E-state index is 3.68. The third-order valence-corrected chi connectivity index (χ3v) is 7.93. The van der Waals surface area contributed by atoms with E-state index in [9.17, 15) is 0 Å². The summed E-state index contributed by atoms with van der Waals surface area (Å²) in [5, 5.41) is 9.84. The Balaban J connectivity index is 1.31. The van der Waals surface area contributed by atoms with E-state index >= 15 is 0 Å². The molecular formula is C28H34N4. The molecule has 1 saturated heterocycles. The molecule has 6 rings (SSSR count). The molecule has 0 amide bonds. The van der Waals surface area contributed by atoms with Crippen LogP contribution < -0.4 is 10.6 Å². The highest BCUT2D eigenvalue weighted by atomic mass is 14.9. The van der Waals surface area contributed by atoms with Crippen molar-refractivity contribution in [3.8, 4) is 0 Å². The Kier molecular flexibility index (Phi) is 5.08. The first-order valence-corrected chi connectivity index (χ1v) is 12.3. The molecule has 3 N–H and O–H groups in total. The van der Waals surface area contributed by atoms with Crippen molar-refractivity contribution in [2.45, 2.75) is 50.5 Å². The van der Waals surface area contributed by atoms with Crippen LogP contribution in [0.5, 0.6) is 0 Å². The van der Waals surface area contributed by atoms with Gasteiger partial charge in [-0.05, 0) is 105 Å². The van der Waals surface area contributed by atoms with E-state index in [1.807, 2.05) is 0 Å². The second-order valence-corrected chi connectivity index (χ2v) is 9.94. The molecule has 1 fully saturated rings. The van der Waals surface area contributed by atoms with E-state index in [-0.39, 0.29) is 0 Å². The van der Waals surface area contributed by atoms with Crippen LogP contribution in [-0.2, 0) is 26.3 Å². The number of rotatable bonds is 4. The summed E-state index contributed by atoms with van der Waals surface area (Å²) in [7, 11) is 4.29. The number of nitrogens with zero attached hydrogens (tertiary/aromatic N) is 1. The second-order valence-electron chi connectivity index (χ2n) is 9.94. The van der Waals surface area contributed by atoms with Gasteiger partial charge in [0.2, 0.25) is 0 Å². The van der Waals surface area contributed by atoms with Crippen LogP contribution in [0.15, 0.2) is 42.6 Å². The van der Waals surface area contributed by atoms with Crippen LogP contribution in [0.3, 0.4) is 0 Å². The molecule has 1 aliphatic heterocycles. The van der Waals surface area contributed by atoms with Crippen molar-refractivity contribution >= 4 is 21.8 Å². The van der Waals surface area contributed by atoms with Crippen molar-refractivity contribution in [1.29, 1.82) is 0 Å². The van der Waals surface area contributed by atoms with E-state index in [1.54, 1.807) is 0 Å². The van der Waals surface area contributed by atoms with Gasteiger partial charge in [-0.1, -0.05) is 18.2 Å². The molecule has 2 aromatic carbocycles. The van der Waals surface area contributed by atoms with Gasteiger partial charge in [0.15, 0.2) is 0 Å². The van der Waals surface area contributed by atoms with Crippen LogP contribution >= 0.6 is 0 Å². The topological polar surface area (TPSA) is 44.8 Å². The maximum Gasteiger partial charge on any atom is 0.0483 e. The predicted molar refractivity (Wildman–Crippen MR) is 134 cm³/mol. The van der Waals surface area contributed by atoms with E-state index in [2.05, 4.69) is 76.9 Å². The highest BCUT2D eigenvalue weighted by Gasteiger charge is 2.22. The zero-order valence-corrected chi connectivity index (χ0v) is 19.3. The van der Waals surface area contributed by atoms with E-state index in [0.717, 1.165) is 32.4 Å². The Morgan fingerprint density at radius 1 is 1.00 bits per heavy atom. The lowest BCUT2D eigenvalue weighted by Gasteiger charge is -2.22. The number of piperidine rings is 1. The lowest BCUT2D eigenvalue weighted by atomic mass is 9.89. The molecule has 4 heteroatoms. The van der Waals surface area contributed by atoms with Crippen molar-refractivity contribution in [3.05, 3.63) is 70.5 Å². The fraction of sp³-hybridized carbons (Fsp3) is 0.429. The van der Waals surface area contributed by atoms with Gasteiger partial charge in [0.25, 0.3) is 0 Å². The van der Waals surface area contributed by atoms with Gasteiger partial charge in [-0.2, -0.15) is 0 Å². The minimum absolute atomic E-state index is 0.596. The summed E-state index contributed by atoms with van der Waals surface area (Å²) in [5.74, 6) is 0.689. The second kappa shape index (κ2) is 8.09. The van der Waals surface area contributed by atoms with Crippen LogP contribution in [0.4, 0.5) is 0 Å². The number of benzene rings is 2. The summed E-state index contributed by atoms with van der Waals surface area (Å²) in [4.78, 5) is 3.68. The van der Waals surface area contributed by atoms with Crippen LogP contribution in [0.1, 0.15) is 53.1 Å². The first-order valence-electron chi connectivity index (χ1n) is 12.3. The maximum absolute atomic E-state index is 3.68. The molecular weight excluding hydrogens is 392 g/mol. The molecule has 32 heavy (non-hydrogen) atoms. The summed E-state index contributed by atoms with van der Waals surface area (Å²) in [6.45, 7) is 2.28. The molecule has 1 atom stereocenters. The zero-order chi connectivity index (χ0) is 21.7. The molecule has 0 radical (unpaired) electrons. The van der Waals surface area contributed by atoms with Crippen LogP contribution in [-0.4, -0.2) is 35.7 Å². The number of hydrogen-bond acceptors (Lipinski definition) is 2. The summed E-state index contributed by atoms with van der Waals surface area (Å²) >= 11 is 0. The molecule has 1 unspecified atom stereocenters. The summed E-state index contributed by atoms with van der Waals surface area (Å²) < 4.78 is 2.33. The Bertz CT molecular complexity index is 1270. The van der Waals surface area contributed by atoms with E-state index in [4.69, 9.17) is 0 Å². The number of nitrogens with one attached hydrogen (secondary N) is 3. The Hall–Kier alpha value is -2.56. The molecule has 0 bridgehead atoms. The number of aromatic amines is 1. The van der Waals surface area contributed by atoms with E-state index in [1.165, 1.54) is 69.0 Å². The highest BCUT2D eigenvalue weighted by Crippen LogP contribution is 2.34. The largest absolute Gasteiger partial charge is 0.358 e. The highest BCUT2D eigenvalue weighted by molar-refractivity contribution is 5.87. The molecule has 3 heterocycles. The van der Waals surface area contributed by atoms with Crippen molar-refractivity contribution in [3.63, 3.8) is 0 Å². The van der Waals surface area contributed by atoms with Crippen molar-refractivity contribution in [2.75, 3.05) is 20.1 Å². The predicted octanol–water partition coefficient (Wildman–Crippen LogP) is 4.79. The summed E-state index contributed by atoms with van der Waals surface area (Å²) in [5.41, 5.74) is 9.96. The first-order chi connectivity index (χ1) is 15.7. The normalized spacial score (nSPS) is 19.6. The summed E-state index contributed by atoms with van der Waals surface area (Å²) in [6, 6.07) is 14.7. The number of H-pyrrole nitrogens is 1. The third kappa shape index (κ3) is 3.46. The van der Waals surface area contributed by atoms with Gasteiger partial charge in [0, 0.05) is 46.8 Å². The number of hydrogen-bond donors (Lipinski definition) is 3. The Morgan fingerprint density at radius 2 is 1.81 bits per heavy atom. The molecule has 4 aromatic rings. The fourth-order valence-corrected chi connectivity index (χ4v) is 6.09. The van der Waals surface area contributed by atoms with Crippen LogP contribution in [0.2, 0.25) is 0 Å². The van der Waals surface area contributed by atoms with Crippen molar-refractivity contribution in [1.82, 2.24) is 20.2 Å². The quantitative estimate of drug-likeness (QED) is 0.439. The minimum Gasteiger partial charge on any atom is -0.358 e. The number of likely N-dealkylation sites (N-methyl/N-ethyl adjacent to an activating group) is 1. The van der Waals surface area contributed by atoms with Gasteiger partial charge in [0.1, 0.15) is 0 Å². The van der Waals surface area contributed by atoms with Gasteiger partial charge < -0.3 is 20.2 Å². The van der Waals surface area contributed by atoms with Gasteiger partial charge in [-0.25, -0.2) is 0 Å². The monoisotopic (exact) mass is 426 g/mol. The first kappa shape index (κ1) is 20.1. The molecule has 4 nitrogen and oxygen atoms in total. The van der Waals surface area contributed by atoms with E-state index in [0.29, 0.717) is 12.0 Å². The number of aryl methyl sites for hydroxylation is 2. The Morgan fingerprint density at radius 3 is 2.66 bits per heavy atom. The van der Waals surface area contributed by atoms with Gasteiger partial charge in [-0.3, -0.25) is 0 Å². The molecule has 2 aliphatic rings. The van der Waals surface area contributed by atoms with Crippen molar-refractivity contribution < 1.29 is 0 Å². The van der Waals surface area contributed by atoms with Crippen molar-refractivity contribution in [2.24, 2.45) is 7.05 Å². The van der Waals surface area contributed by atoms with Crippen LogP contribution in [0.25, 0.3) is 21.8 Å². The average molecular weight is 427 g/mol. The SMILES string of the molecule is CNC1CCc2[nH]c3ccc(Cc4ccc5c(C6CCNCC6)cn(C)c5c4)cc3c2C1. The smallest absolute Gasteiger partial charge is 0.0483 e. The van der Waals surface area contributed by atoms with Gasteiger partial charge in [-0.15, -0.1) is 0 Å². The number of aromatic nitrogens is 2. The number of fused-ring (bicyclic) bond motifs is 4. The van der Waals surface area contributed by atoms with Gasteiger partial charge in [0.05, 0.1) is 0 Å². The molecule has 0 spiro atoms. The average Bonchev–Trinajstić information content (AvgIpc) is 3.36. The van der Waals surface area contributed by atoms with Gasteiger partial charge >= 0.3 is 0 Å². The molecule has 0 saturated carbocycles. The Labute approximate surface area is 190 Å². The minimum atomic E-state index is 0.596. The van der Waals surface area contributed by atoms with Crippen LogP contribution in [0, 0.1) is 0 Å². The third-order valence-electron chi connectivity index (χ3n) is 7.93. The lowest BCUT2D eigenvalue weighted by Crippen LogP contribution is -2.31. The zero-order valence-electron chi connectivity index (χ0n) is 19.3. The molecule has 166 valence electrons. The molecule has 1 aliphatic carbocycles. The lowest BCUT2D eigenvalue weighted by molar-refractivity contribution is 0.462. The molecule has 2 aromatic heterocycles.